The molecule has 34 heavy (non-hydrogen) atoms. The van der Waals surface area contributed by atoms with Gasteiger partial charge in [-0.05, 0) is 87.3 Å². The summed E-state index contributed by atoms with van der Waals surface area (Å²) in [6, 6.07) is 13.8. The number of hydrogen-bond acceptors (Lipinski definition) is 4. The minimum Gasteiger partial charge on any atom is -0.489 e. The number of aliphatic carboxylic acids is 1. The molecule has 2 saturated heterocycles. The summed E-state index contributed by atoms with van der Waals surface area (Å²) in [4.78, 5) is 14.2. The second kappa shape index (κ2) is 9.58. The smallest absolute Gasteiger partial charge is 0.306 e. The zero-order chi connectivity index (χ0) is 23.8. The van der Waals surface area contributed by atoms with Gasteiger partial charge in [0, 0.05) is 23.5 Å². The number of rotatable bonds is 5. The van der Waals surface area contributed by atoms with E-state index in [1.807, 2.05) is 6.07 Å². The molecule has 1 aliphatic carbocycles. The maximum atomic E-state index is 11.7. The molecule has 2 bridgehead atoms. The lowest BCUT2D eigenvalue weighted by Crippen LogP contribution is -2.53. The number of hydrogen-bond donors (Lipinski definition) is 1. The third-order valence-corrected chi connectivity index (χ3v) is 8.69. The Balaban J connectivity index is 1.43. The third kappa shape index (κ3) is 4.41. The van der Waals surface area contributed by atoms with Crippen molar-refractivity contribution in [3.05, 3.63) is 41.5 Å². The number of carbonyl (C=O) groups is 1. The van der Waals surface area contributed by atoms with Crippen molar-refractivity contribution in [3.8, 4) is 11.8 Å². The van der Waals surface area contributed by atoms with E-state index in [1.165, 1.54) is 24.8 Å². The van der Waals surface area contributed by atoms with Crippen LogP contribution >= 0.6 is 0 Å². The molecule has 3 fully saturated rings. The van der Waals surface area contributed by atoms with Crippen LogP contribution in [-0.4, -0.2) is 34.2 Å². The van der Waals surface area contributed by atoms with E-state index < -0.39 is 5.97 Å². The number of fused-ring (bicyclic) bond motifs is 3. The molecule has 1 saturated carbocycles. The van der Waals surface area contributed by atoms with Crippen LogP contribution in [0.2, 0.25) is 0 Å². The molecule has 3 atom stereocenters. The van der Waals surface area contributed by atoms with Crippen molar-refractivity contribution in [1.82, 2.24) is 4.90 Å². The Kier molecular flexibility index (Phi) is 6.53. The van der Waals surface area contributed by atoms with Crippen molar-refractivity contribution in [2.45, 2.75) is 95.9 Å². The molecule has 3 aliphatic rings. The van der Waals surface area contributed by atoms with Crippen molar-refractivity contribution in [1.29, 1.82) is 5.26 Å². The maximum Gasteiger partial charge on any atom is 0.306 e. The van der Waals surface area contributed by atoms with Crippen LogP contribution in [0, 0.1) is 23.2 Å². The minimum absolute atomic E-state index is 0.186. The average molecular weight is 461 g/mol. The van der Waals surface area contributed by atoms with Gasteiger partial charge in [0.1, 0.15) is 17.4 Å². The first-order valence-electron chi connectivity index (χ1n) is 13.1. The monoisotopic (exact) mass is 460 g/mol. The van der Waals surface area contributed by atoms with Gasteiger partial charge in [-0.1, -0.05) is 31.5 Å². The van der Waals surface area contributed by atoms with Crippen LogP contribution in [0.3, 0.4) is 0 Å². The maximum absolute atomic E-state index is 11.7. The lowest BCUT2D eigenvalue weighted by atomic mass is 9.77. The van der Waals surface area contributed by atoms with E-state index in [0.717, 1.165) is 55.2 Å². The highest BCUT2D eigenvalue weighted by molar-refractivity contribution is 5.90. The van der Waals surface area contributed by atoms with E-state index in [4.69, 9.17) is 4.74 Å². The zero-order valence-corrected chi connectivity index (χ0v) is 20.4. The number of nitriles is 1. The highest BCUT2D eigenvalue weighted by Crippen LogP contribution is 2.43. The first-order valence-corrected chi connectivity index (χ1v) is 13.1. The first kappa shape index (κ1) is 23.2. The second-order valence-corrected chi connectivity index (χ2v) is 10.9. The molecule has 5 rings (SSSR count). The molecule has 2 aromatic rings. The quantitative estimate of drug-likeness (QED) is 0.555. The normalized spacial score (nSPS) is 30.4. The molecule has 0 spiro atoms. The van der Waals surface area contributed by atoms with Gasteiger partial charge in [0.05, 0.1) is 12.0 Å². The van der Waals surface area contributed by atoms with E-state index in [-0.39, 0.29) is 18.1 Å². The lowest BCUT2D eigenvalue weighted by molar-refractivity contribution is -0.147. The van der Waals surface area contributed by atoms with Gasteiger partial charge in [-0.2, -0.15) is 5.26 Å². The van der Waals surface area contributed by atoms with Gasteiger partial charge in [0.2, 0.25) is 0 Å². The fourth-order valence-electron chi connectivity index (χ4n) is 6.74. The molecule has 180 valence electrons. The van der Waals surface area contributed by atoms with E-state index >= 15 is 0 Å². The fourth-order valence-corrected chi connectivity index (χ4v) is 6.74. The van der Waals surface area contributed by atoms with Gasteiger partial charge in [-0.25, -0.2) is 0 Å². The van der Waals surface area contributed by atoms with E-state index in [1.54, 1.807) is 0 Å². The van der Waals surface area contributed by atoms with Gasteiger partial charge >= 0.3 is 5.97 Å². The van der Waals surface area contributed by atoms with Gasteiger partial charge in [0.25, 0.3) is 0 Å². The van der Waals surface area contributed by atoms with Crippen molar-refractivity contribution in [2.75, 3.05) is 0 Å². The summed E-state index contributed by atoms with van der Waals surface area (Å²) < 4.78 is 6.36. The second-order valence-electron chi connectivity index (χ2n) is 10.9. The summed E-state index contributed by atoms with van der Waals surface area (Å²) in [5.41, 5.74) is 1.83. The Bertz CT molecular complexity index is 1080. The van der Waals surface area contributed by atoms with Crippen LogP contribution < -0.4 is 4.74 Å². The van der Waals surface area contributed by atoms with Crippen molar-refractivity contribution in [2.24, 2.45) is 11.8 Å². The molecule has 2 aliphatic heterocycles. The average Bonchev–Trinajstić information content (AvgIpc) is 2.83. The highest BCUT2D eigenvalue weighted by atomic mass is 16.5. The standard InChI is InChI=1S/C29H36N2O3/c1-18-6-11-25(12-7-18)34-28-13-10-20-8-9-21(16-26(20)27(28)17-30)19(2)31-23-4-3-5-24(31)15-22(14-23)29(32)33/h8-10,13,16,18-19,22-25H,3-7,11-12,14-15H2,1-2H3,(H,32,33)/t18-,19?,22?,23?,24?,25+. The lowest BCUT2D eigenvalue weighted by Gasteiger charge is -2.51. The zero-order valence-electron chi connectivity index (χ0n) is 20.4. The molecular formula is C29H36N2O3. The summed E-state index contributed by atoms with van der Waals surface area (Å²) in [6.07, 6.45) is 9.47. The summed E-state index contributed by atoms with van der Waals surface area (Å²) in [7, 11) is 0. The SMILES string of the molecule is CC(c1ccc2ccc(O[C@H]3CC[C@@H](C)CC3)c(C#N)c2c1)N1C2CCCC1CC(C(=O)O)C2. The van der Waals surface area contributed by atoms with E-state index in [2.05, 4.69) is 49.1 Å². The Labute approximate surface area is 202 Å². The third-order valence-electron chi connectivity index (χ3n) is 8.69. The number of piperidine rings is 2. The number of ether oxygens (including phenoxy) is 1. The van der Waals surface area contributed by atoms with Crippen LogP contribution in [-0.2, 0) is 4.79 Å². The summed E-state index contributed by atoms with van der Waals surface area (Å²) in [5, 5.41) is 21.7. The molecule has 5 nitrogen and oxygen atoms in total. The largest absolute Gasteiger partial charge is 0.489 e. The number of nitrogens with zero attached hydrogens (tertiary/aromatic N) is 2. The van der Waals surface area contributed by atoms with E-state index in [9.17, 15) is 15.2 Å². The van der Waals surface area contributed by atoms with Crippen LogP contribution in [0.1, 0.15) is 88.8 Å². The molecule has 2 heterocycles. The molecule has 2 aromatic carbocycles. The minimum atomic E-state index is -0.645. The summed E-state index contributed by atoms with van der Waals surface area (Å²) in [5.74, 6) is 0.603. The molecule has 0 aromatic heterocycles. The number of carboxylic acids is 1. The van der Waals surface area contributed by atoms with Crippen molar-refractivity contribution >= 4 is 16.7 Å². The molecule has 5 heteroatoms. The molecular weight excluding hydrogens is 424 g/mol. The Morgan fingerprint density at radius 2 is 1.76 bits per heavy atom. The fraction of sp³-hybridized carbons (Fsp3) is 0.586. The van der Waals surface area contributed by atoms with E-state index in [0.29, 0.717) is 23.4 Å². The topological polar surface area (TPSA) is 73.6 Å². The Morgan fingerprint density at radius 1 is 1.09 bits per heavy atom. The van der Waals surface area contributed by atoms with Crippen LogP contribution in [0.4, 0.5) is 0 Å². The van der Waals surface area contributed by atoms with Crippen molar-refractivity contribution in [3.63, 3.8) is 0 Å². The molecule has 3 unspecified atom stereocenters. The number of carboxylic acid groups (broad SMARTS) is 1. The molecule has 1 N–H and O–H groups in total. The Morgan fingerprint density at radius 3 is 2.41 bits per heavy atom. The van der Waals surface area contributed by atoms with Gasteiger partial charge < -0.3 is 9.84 Å². The van der Waals surface area contributed by atoms with Crippen LogP contribution in [0.5, 0.6) is 5.75 Å². The first-order chi connectivity index (χ1) is 16.4. The predicted molar refractivity (Wildman–Crippen MR) is 133 cm³/mol. The molecule has 0 radical (unpaired) electrons. The van der Waals surface area contributed by atoms with Crippen LogP contribution in [0.15, 0.2) is 30.3 Å². The molecule has 0 amide bonds. The van der Waals surface area contributed by atoms with Gasteiger partial charge in [-0.15, -0.1) is 0 Å². The van der Waals surface area contributed by atoms with Crippen molar-refractivity contribution < 1.29 is 14.6 Å². The number of benzene rings is 2. The van der Waals surface area contributed by atoms with Gasteiger partial charge in [-0.3, -0.25) is 9.69 Å². The predicted octanol–water partition coefficient (Wildman–Crippen LogP) is 6.45. The summed E-state index contributed by atoms with van der Waals surface area (Å²) >= 11 is 0. The summed E-state index contributed by atoms with van der Waals surface area (Å²) in [6.45, 7) is 4.54. The van der Waals surface area contributed by atoms with Gasteiger partial charge in [0.15, 0.2) is 0 Å². The Hall–Kier alpha value is -2.58. The highest BCUT2D eigenvalue weighted by Gasteiger charge is 2.42. The van der Waals surface area contributed by atoms with Crippen LogP contribution in [0.25, 0.3) is 10.8 Å².